The summed E-state index contributed by atoms with van der Waals surface area (Å²) in [5.74, 6) is 0.00812. The van der Waals surface area contributed by atoms with Gasteiger partial charge in [0, 0.05) is 26.6 Å². The van der Waals surface area contributed by atoms with Gasteiger partial charge in [-0.05, 0) is 26.3 Å². The largest absolute Gasteiger partial charge is 0.389 e. The van der Waals surface area contributed by atoms with E-state index in [4.69, 9.17) is 0 Å². The summed E-state index contributed by atoms with van der Waals surface area (Å²) in [6.07, 6.45) is 1.91. The van der Waals surface area contributed by atoms with Crippen LogP contribution < -0.4 is 5.32 Å². The molecule has 0 aliphatic carbocycles. The Balaban J connectivity index is 2.21. The quantitative estimate of drug-likeness (QED) is 0.672. The van der Waals surface area contributed by atoms with Crippen molar-refractivity contribution in [2.45, 2.75) is 32.3 Å². The first kappa shape index (κ1) is 11.5. The van der Waals surface area contributed by atoms with E-state index in [1.165, 1.54) is 6.92 Å². The van der Waals surface area contributed by atoms with Crippen molar-refractivity contribution >= 4 is 5.91 Å². The normalized spacial score (nSPS) is 28.8. The standard InChI is InChI=1S/C10H20N2O2/c1-9(13)11-5-7-12-6-3-4-10(2,14)8-12/h14H,3-8H2,1-2H3,(H,11,13). The van der Waals surface area contributed by atoms with Crippen molar-refractivity contribution in [1.29, 1.82) is 0 Å². The van der Waals surface area contributed by atoms with E-state index in [1.807, 2.05) is 6.92 Å². The zero-order valence-corrected chi connectivity index (χ0v) is 9.05. The molecule has 0 aromatic heterocycles. The fourth-order valence-electron chi connectivity index (χ4n) is 1.90. The van der Waals surface area contributed by atoms with E-state index < -0.39 is 5.60 Å². The smallest absolute Gasteiger partial charge is 0.216 e. The number of likely N-dealkylation sites (tertiary alicyclic amines) is 1. The Labute approximate surface area is 85.3 Å². The van der Waals surface area contributed by atoms with Crippen LogP contribution in [0, 0.1) is 0 Å². The average Bonchev–Trinajstić information content (AvgIpc) is 2.01. The predicted molar refractivity (Wildman–Crippen MR) is 55.0 cm³/mol. The van der Waals surface area contributed by atoms with E-state index in [0.717, 1.165) is 25.9 Å². The van der Waals surface area contributed by atoms with Gasteiger partial charge in [-0.3, -0.25) is 9.69 Å². The van der Waals surface area contributed by atoms with Gasteiger partial charge in [-0.2, -0.15) is 0 Å². The first-order valence-corrected chi connectivity index (χ1v) is 5.19. The molecule has 1 heterocycles. The van der Waals surface area contributed by atoms with E-state index in [9.17, 15) is 9.90 Å². The molecule has 1 atom stereocenters. The van der Waals surface area contributed by atoms with Gasteiger partial charge in [-0.25, -0.2) is 0 Å². The zero-order chi connectivity index (χ0) is 10.6. The van der Waals surface area contributed by atoms with Crippen LogP contribution in [0.1, 0.15) is 26.7 Å². The van der Waals surface area contributed by atoms with Gasteiger partial charge in [0.1, 0.15) is 0 Å². The minimum Gasteiger partial charge on any atom is -0.389 e. The molecule has 4 nitrogen and oxygen atoms in total. The monoisotopic (exact) mass is 200 g/mol. The molecule has 2 N–H and O–H groups in total. The molecule has 14 heavy (non-hydrogen) atoms. The maximum Gasteiger partial charge on any atom is 0.216 e. The molecule has 0 bridgehead atoms. The Hall–Kier alpha value is -0.610. The highest BCUT2D eigenvalue weighted by molar-refractivity contribution is 5.72. The van der Waals surface area contributed by atoms with Gasteiger partial charge in [0.15, 0.2) is 0 Å². The van der Waals surface area contributed by atoms with Crippen molar-refractivity contribution in [1.82, 2.24) is 10.2 Å². The summed E-state index contributed by atoms with van der Waals surface area (Å²) in [4.78, 5) is 12.8. The second kappa shape index (κ2) is 4.75. The van der Waals surface area contributed by atoms with Crippen molar-refractivity contribution in [2.24, 2.45) is 0 Å². The lowest BCUT2D eigenvalue weighted by Gasteiger charge is -2.36. The number of piperidine rings is 1. The van der Waals surface area contributed by atoms with Crippen molar-refractivity contribution in [3.05, 3.63) is 0 Å². The third-order valence-electron chi connectivity index (χ3n) is 2.56. The summed E-state index contributed by atoms with van der Waals surface area (Å²) in [5, 5.41) is 12.6. The average molecular weight is 200 g/mol. The van der Waals surface area contributed by atoms with Crippen molar-refractivity contribution in [3.63, 3.8) is 0 Å². The minimum atomic E-state index is -0.547. The topological polar surface area (TPSA) is 52.6 Å². The van der Waals surface area contributed by atoms with Gasteiger partial charge in [-0.15, -0.1) is 0 Å². The molecule has 82 valence electrons. The fourth-order valence-corrected chi connectivity index (χ4v) is 1.90. The molecule has 1 fully saturated rings. The van der Waals surface area contributed by atoms with Crippen LogP contribution in [0.15, 0.2) is 0 Å². The van der Waals surface area contributed by atoms with Crippen LogP contribution in [0.5, 0.6) is 0 Å². The molecular formula is C10H20N2O2. The summed E-state index contributed by atoms with van der Waals surface area (Å²) in [6, 6.07) is 0. The fraction of sp³-hybridized carbons (Fsp3) is 0.900. The molecule has 0 spiro atoms. The summed E-state index contributed by atoms with van der Waals surface area (Å²) in [6.45, 7) is 6.63. The highest BCUT2D eigenvalue weighted by atomic mass is 16.3. The van der Waals surface area contributed by atoms with E-state index in [2.05, 4.69) is 10.2 Å². The van der Waals surface area contributed by atoms with E-state index in [-0.39, 0.29) is 5.91 Å². The van der Waals surface area contributed by atoms with E-state index >= 15 is 0 Å². The molecule has 1 unspecified atom stereocenters. The Morgan fingerprint density at radius 2 is 2.36 bits per heavy atom. The van der Waals surface area contributed by atoms with Crippen molar-refractivity contribution in [3.8, 4) is 0 Å². The zero-order valence-electron chi connectivity index (χ0n) is 9.05. The molecule has 1 rings (SSSR count). The number of carbonyl (C=O) groups excluding carboxylic acids is 1. The third kappa shape index (κ3) is 4.07. The molecule has 1 saturated heterocycles. The Morgan fingerprint density at radius 1 is 1.64 bits per heavy atom. The van der Waals surface area contributed by atoms with Gasteiger partial charge < -0.3 is 10.4 Å². The van der Waals surface area contributed by atoms with Crippen LogP contribution in [-0.2, 0) is 4.79 Å². The number of carbonyl (C=O) groups is 1. The number of β-amino-alcohol motifs (C(OH)–C–C–N with tert-alkyl or cyclic N) is 1. The second-order valence-electron chi connectivity index (χ2n) is 4.36. The highest BCUT2D eigenvalue weighted by Gasteiger charge is 2.27. The highest BCUT2D eigenvalue weighted by Crippen LogP contribution is 2.19. The Bertz CT molecular complexity index is 204. The lowest BCUT2D eigenvalue weighted by atomic mass is 9.95. The molecule has 1 aliphatic heterocycles. The van der Waals surface area contributed by atoms with Crippen LogP contribution in [-0.4, -0.2) is 47.7 Å². The summed E-state index contributed by atoms with van der Waals surface area (Å²) in [7, 11) is 0. The van der Waals surface area contributed by atoms with Crippen molar-refractivity contribution < 1.29 is 9.90 Å². The number of nitrogens with zero attached hydrogens (tertiary/aromatic N) is 1. The maximum absolute atomic E-state index is 10.6. The van der Waals surface area contributed by atoms with Gasteiger partial charge in [0.25, 0.3) is 0 Å². The van der Waals surface area contributed by atoms with Crippen LogP contribution in [0.2, 0.25) is 0 Å². The number of hydrogen-bond acceptors (Lipinski definition) is 3. The van der Waals surface area contributed by atoms with E-state index in [0.29, 0.717) is 13.1 Å². The van der Waals surface area contributed by atoms with Crippen LogP contribution in [0.3, 0.4) is 0 Å². The van der Waals surface area contributed by atoms with Gasteiger partial charge in [0.05, 0.1) is 5.60 Å². The van der Waals surface area contributed by atoms with E-state index in [1.54, 1.807) is 0 Å². The third-order valence-corrected chi connectivity index (χ3v) is 2.56. The number of amides is 1. The van der Waals surface area contributed by atoms with Gasteiger partial charge in [-0.1, -0.05) is 0 Å². The predicted octanol–water partition coefficient (Wildman–Crippen LogP) is -0.0307. The summed E-state index contributed by atoms with van der Waals surface area (Å²) >= 11 is 0. The molecule has 1 amide bonds. The SMILES string of the molecule is CC(=O)NCCN1CCCC(C)(O)C1. The Morgan fingerprint density at radius 3 is 2.93 bits per heavy atom. The number of aliphatic hydroxyl groups is 1. The second-order valence-corrected chi connectivity index (χ2v) is 4.36. The van der Waals surface area contributed by atoms with Gasteiger partial charge in [0.2, 0.25) is 5.91 Å². The van der Waals surface area contributed by atoms with Crippen molar-refractivity contribution in [2.75, 3.05) is 26.2 Å². The first-order valence-electron chi connectivity index (χ1n) is 5.19. The van der Waals surface area contributed by atoms with Crippen LogP contribution in [0.25, 0.3) is 0 Å². The maximum atomic E-state index is 10.6. The molecule has 0 radical (unpaired) electrons. The molecule has 4 heteroatoms. The minimum absolute atomic E-state index is 0.00812. The summed E-state index contributed by atoms with van der Waals surface area (Å²) < 4.78 is 0. The molecule has 0 aromatic carbocycles. The van der Waals surface area contributed by atoms with Gasteiger partial charge >= 0.3 is 0 Å². The number of rotatable bonds is 3. The Kier molecular flexibility index (Phi) is 3.89. The summed E-state index contributed by atoms with van der Waals surface area (Å²) in [5.41, 5.74) is -0.547. The van der Waals surface area contributed by atoms with Crippen LogP contribution in [0.4, 0.5) is 0 Å². The van der Waals surface area contributed by atoms with Crippen LogP contribution >= 0.6 is 0 Å². The lowest BCUT2D eigenvalue weighted by Crippen LogP contribution is -2.48. The number of hydrogen-bond donors (Lipinski definition) is 2. The molecule has 1 aliphatic rings. The molecular weight excluding hydrogens is 180 g/mol. The number of nitrogens with one attached hydrogen (secondary N) is 1. The molecule has 0 saturated carbocycles. The molecule has 0 aromatic rings. The lowest BCUT2D eigenvalue weighted by molar-refractivity contribution is -0.119. The first-order chi connectivity index (χ1) is 6.49.